The Kier molecular flexibility index (Phi) is 53.8. The second-order valence-electron chi connectivity index (χ2n) is 20.5. The van der Waals surface area contributed by atoms with Crippen molar-refractivity contribution in [2.45, 2.75) is 219 Å². The van der Waals surface area contributed by atoms with Gasteiger partial charge in [0.25, 0.3) is 0 Å². The molecule has 0 radical (unpaired) electrons. The van der Waals surface area contributed by atoms with Gasteiger partial charge < -0.3 is 33.3 Å². The van der Waals surface area contributed by atoms with Gasteiger partial charge in [0.15, 0.2) is 12.4 Å². The number of allylic oxidation sites excluding steroid dienone is 24. The third-order valence-corrected chi connectivity index (χ3v) is 12.1. The molecule has 0 saturated carbocycles. The molecule has 77 heavy (non-hydrogen) atoms. The van der Waals surface area contributed by atoms with Crippen LogP contribution in [0.15, 0.2) is 146 Å². The molecule has 0 aromatic heterocycles. The lowest BCUT2D eigenvalue weighted by Crippen LogP contribution is -2.44. The smallest absolute Gasteiger partial charge is 0.306 e. The van der Waals surface area contributed by atoms with E-state index in [9.17, 15) is 19.5 Å². The number of carbonyl (C=O) groups is 3. The van der Waals surface area contributed by atoms with Gasteiger partial charge in [0, 0.05) is 12.8 Å². The molecule has 0 heterocycles. The molecule has 0 N–H and O–H groups in total. The SMILES string of the molecule is CC/C=C\C/C=C\C/C=C\C/C=C\C/C=C\C/C=C\C/C=C\C/C=C\C/C=C\C/C=C\C/C=C\CCCCCCCCCC(=O)OC(COC(=O)CCCCCCC/C=C\CCCC)COC(OCC[N+](C)(C)C)C(=O)[O-]. The Hall–Kier alpha value is -4.83. The van der Waals surface area contributed by atoms with Gasteiger partial charge in [-0.15, -0.1) is 0 Å². The normalized spacial score (nSPS) is 13.8. The molecular formula is C68H109NO8. The van der Waals surface area contributed by atoms with Crippen molar-refractivity contribution >= 4 is 17.9 Å². The monoisotopic (exact) mass is 1070 g/mol. The highest BCUT2D eigenvalue weighted by Gasteiger charge is 2.22. The van der Waals surface area contributed by atoms with Crippen LogP contribution in [0.4, 0.5) is 0 Å². The number of nitrogens with zero attached hydrogens (tertiary/aromatic N) is 1. The number of unbranched alkanes of at least 4 members (excludes halogenated alkanes) is 14. The van der Waals surface area contributed by atoms with Gasteiger partial charge in [-0.05, 0) is 116 Å². The van der Waals surface area contributed by atoms with Crippen molar-refractivity contribution in [3.63, 3.8) is 0 Å². The van der Waals surface area contributed by atoms with E-state index in [1.807, 2.05) is 21.1 Å². The highest BCUT2D eigenvalue weighted by Crippen LogP contribution is 2.13. The van der Waals surface area contributed by atoms with Crippen molar-refractivity contribution in [1.29, 1.82) is 0 Å². The van der Waals surface area contributed by atoms with Crippen molar-refractivity contribution in [1.82, 2.24) is 0 Å². The maximum absolute atomic E-state index is 12.8. The van der Waals surface area contributed by atoms with Gasteiger partial charge >= 0.3 is 11.9 Å². The summed E-state index contributed by atoms with van der Waals surface area (Å²) in [6.07, 6.45) is 80.6. The lowest BCUT2D eigenvalue weighted by molar-refractivity contribution is -0.870. The van der Waals surface area contributed by atoms with Gasteiger partial charge in [0.1, 0.15) is 13.2 Å². The van der Waals surface area contributed by atoms with Crippen molar-refractivity contribution in [2.75, 3.05) is 47.5 Å². The van der Waals surface area contributed by atoms with Gasteiger partial charge in [-0.2, -0.15) is 0 Å². The van der Waals surface area contributed by atoms with E-state index in [0.717, 1.165) is 141 Å². The summed E-state index contributed by atoms with van der Waals surface area (Å²) in [4.78, 5) is 37.1. The van der Waals surface area contributed by atoms with Crippen LogP contribution >= 0.6 is 0 Å². The van der Waals surface area contributed by atoms with Gasteiger partial charge in [-0.1, -0.05) is 224 Å². The Morgan fingerprint density at radius 2 is 0.740 bits per heavy atom. The molecule has 0 spiro atoms. The van der Waals surface area contributed by atoms with Crippen LogP contribution in [-0.2, 0) is 33.3 Å². The summed E-state index contributed by atoms with van der Waals surface area (Å²) in [5, 5.41) is 11.7. The van der Waals surface area contributed by atoms with Crippen LogP contribution < -0.4 is 5.11 Å². The van der Waals surface area contributed by atoms with E-state index in [1.165, 1.54) is 32.1 Å². The fraction of sp³-hybridized carbons (Fsp3) is 0.603. The second-order valence-corrected chi connectivity index (χ2v) is 20.5. The third-order valence-electron chi connectivity index (χ3n) is 12.1. The first-order valence-electron chi connectivity index (χ1n) is 30.0. The minimum Gasteiger partial charge on any atom is -0.545 e. The molecule has 0 saturated heterocycles. The third kappa shape index (κ3) is 58.7. The van der Waals surface area contributed by atoms with Crippen molar-refractivity contribution in [2.24, 2.45) is 0 Å². The van der Waals surface area contributed by atoms with Crippen LogP contribution in [0.3, 0.4) is 0 Å². The lowest BCUT2D eigenvalue weighted by atomic mass is 10.1. The molecule has 2 unspecified atom stereocenters. The van der Waals surface area contributed by atoms with Gasteiger partial charge in [-0.25, -0.2) is 0 Å². The number of hydrogen-bond acceptors (Lipinski definition) is 8. The van der Waals surface area contributed by atoms with Crippen LogP contribution in [0.2, 0.25) is 0 Å². The highest BCUT2D eigenvalue weighted by molar-refractivity contribution is 5.70. The van der Waals surface area contributed by atoms with E-state index in [-0.39, 0.29) is 38.6 Å². The van der Waals surface area contributed by atoms with Crippen LogP contribution in [-0.4, -0.2) is 82.3 Å². The number of likely N-dealkylation sites (N-methyl/N-ethyl adjacent to an activating group) is 1. The molecule has 0 bridgehead atoms. The van der Waals surface area contributed by atoms with Crippen LogP contribution in [0.1, 0.15) is 206 Å². The molecule has 9 nitrogen and oxygen atoms in total. The average Bonchev–Trinajstić information content (AvgIpc) is 3.40. The Balaban J connectivity index is 4.16. The predicted molar refractivity (Wildman–Crippen MR) is 324 cm³/mol. The van der Waals surface area contributed by atoms with E-state index >= 15 is 0 Å². The number of hydrogen-bond donors (Lipinski definition) is 0. The van der Waals surface area contributed by atoms with Crippen LogP contribution in [0, 0.1) is 0 Å². The number of rotatable bonds is 53. The van der Waals surface area contributed by atoms with Gasteiger partial charge in [0.2, 0.25) is 0 Å². The molecule has 0 amide bonds. The number of carbonyl (C=O) groups excluding carboxylic acids is 3. The Morgan fingerprint density at radius 1 is 0.403 bits per heavy atom. The van der Waals surface area contributed by atoms with E-state index in [4.69, 9.17) is 18.9 Å². The first-order valence-corrected chi connectivity index (χ1v) is 30.0. The Labute approximate surface area is 471 Å². The van der Waals surface area contributed by atoms with E-state index in [1.54, 1.807) is 0 Å². The van der Waals surface area contributed by atoms with E-state index in [0.29, 0.717) is 17.4 Å². The van der Waals surface area contributed by atoms with Gasteiger partial charge in [0.05, 0.1) is 40.3 Å². The molecule has 0 aliphatic rings. The molecule has 0 aromatic rings. The van der Waals surface area contributed by atoms with Gasteiger partial charge in [-0.3, -0.25) is 9.59 Å². The molecule has 9 heteroatoms. The lowest BCUT2D eigenvalue weighted by Gasteiger charge is -2.26. The minimum atomic E-state index is -1.63. The summed E-state index contributed by atoms with van der Waals surface area (Å²) in [6, 6.07) is 0. The number of esters is 2. The summed E-state index contributed by atoms with van der Waals surface area (Å²) < 4.78 is 22.6. The average molecular weight is 1070 g/mol. The number of aliphatic carboxylic acids is 1. The Bertz CT molecular complexity index is 1770. The zero-order valence-electron chi connectivity index (χ0n) is 49.3. The topological polar surface area (TPSA) is 111 Å². The minimum absolute atomic E-state index is 0.137. The number of ether oxygens (including phenoxy) is 4. The Morgan fingerprint density at radius 3 is 1.12 bits per heavy atom. The summed E-state index contributed by atoms with van der Waals surface area (Å²) in [7, 11) is 5.90. The zero-order valence-corrected chi connectivity index (χ0v) is 49.3. The maximum Gasteiger partial charge on any atom is 0.306 e. The van der Waals surface area contributed by atoms with E-state index in [2.05, 4.69) is 160 Å². The van der Waals surface area contributed by atoms with Crippen molar-refractivity contribution in [3.8, 4) is 0 Å². The summed E-state index contributed by atoms with van der Waals surface area (Å²) in [6.45, 7) is 4.54. The fourth-order valence-corrected chi connectivity index (χ4v) is 7.46. The molecule has 0 fully saturated rings. The summed E-state index contributed by atoms with van der Waals surface area (Å²) in [5.74, 6) is -2.33. The molecule has 2 atom stereocenters. The van der Waals surface area contributed by atoms with Crippen molar-refractivity contribution < 1.29 is 42.9 Å². The molecule has 0 aromatic carbocycles. The molecular weight excluding hydrogens is 959 g/mol. The van der Waals surface area contributed by atoms with Crippen LogP contribution in [0.25, 0.3) is 0 Å². The quantitative estimate of drug-likeness (QED) is 0.0195. The summed E-state index contributed by atoms with van der Waals surface area (Å²) in [5.41, 5.74) is 0. The highest BCUT2D eigenvalue weighted by atomic mass is 16.7. The largest absolute Gasteiger partial charge is 0.545 e. The standard InChI is InChI=1S/C68H109NO8/c1-6-8-10-12-14-16-18-19-20-21-22-23-24-25-26-27-28-29-30-31-32-33-34-35-36-37-38-39-40-41-42-43-44-45-46-47-49-51-53-55-57-59-66(71)77-64(63-76-68(67(72)73)74-61-60-69(3,4)5)62-75-65(70)58-56-54-52-50-48-17-15-13-11-9-7-2/h8,10,13-16,19-20,22-23,25-26,28-29,31-32,34-35,37-38,40-41,43-44,64,68H,6-7,9,11-12,17-18,21,24,27,30,33,36,39,42,45-63H2,1-5H3/b10-8-,15-13-,16-14-,20-19-,23-22-,26-25-,29-28-,32-31-,35-34-,38-37-,41-40-,44-43-. The summed E-state index contributed by atoms with van der Waals surface area (Å²) >= 11 is 0. The first-order chi connectivity index (χ1) is 37.6. The maximum atomic E-state index is 12.8. The van der Waals surface area contributed by atoms with E-state index < -0.39 is 24.3 Å². The first kappa shape index (κ1) is 72.2. The number of carboxylic acids is 1. The van der Waals surface area contributed by atoms with Crippen LogP contribution in [0.5, 0.6) is 0 Å². The fourth-order valence-electron chi connectivity index (χ4n) is 7.46. The predicted octanol–water partition coefficient (Wildman–Crippen LogP) is 16.7. The molecule has 0 rings (SSSR count). The molecule has 0 aliphatic carbocycles. The molecule has 434 valence electrons. The number of quaternary nitrogens is 1. The number of carboxylic acid groups (broad SMARTS) is 1. The van der Waals surface area contributed by atoms with Crippen molar-refractivity contribution in [3.05, 3.63) is 146 Å². The second kappa shape index (κ2) is 57.3. The zero-order chi connectivity index (χ0) is 56.2. The molecule has 0 aliphatic heterocycles.